The Morgan fingerprint density at radius 2 is 0.896 bits per heavy atom. The van der Waals surface area contributed by atoms with Gasteiger partial charge in [-0.25, -0.2) is 0 Å². The molecule has 0 bridgehead atoms. The van der Waals surface area contributed by atoms with Gasteiger partial charge in [0.1, 0.15) is 48.3 Å². The maximum Gasteiger partial charge on any atom is 0.246 e. The minimum atomic E-state index is -1.12. The number of hydrogen-bond donors (Lipinski definition) is 7. The highest BCUT2D eigenvalue weighted by molar-refractivity contribution is 5.99. The van der Waals surface area contributed by atoms with Gasteiger partial charge in [-0.2, -0.15) is 0 Å². The van der Waals surface area contributed by atoms with Crippen LogP contribution in [0.15, 0.2) is 60.7 Å². The van der Waals surface area contributed by atoms with Gasteiger partial charge < -0.3 is 47.0 Å². The molecule has 0 aromatic heterocycles. The first-order valence-corrected chi connectivity index (χ1v) is 28.4. The average molecular weight is 1070 g/mol. The van der Waals surface area contributed by atoms with Crippen molar-refractivity contribution in [1.82, 2.24) is 47.0 Å². The van der Waals surface area contributed by atoms with E-state index in [1.807, 2.05) is 116 Å². The van der Waals surface area contributed by atoms with E-state index >= 15 is 0 Å². The highest BCUT2D eigenvalue weighted by Gasteiger charge is 2.45. The number of nitrogens with zero attached hydrogens (tertiary/aromatic N) is 2. The van der Waals surface area contributed by atoms with Crippen LogP contribution in [-0.4, -0.2) is 130 Å². The molecule has 9 amide bonds. The van der Waals surface area contributed by atoms with Gasteiger partial charge in [-0.15, -0.1) is 0 Å². The predicted octanol–water partition coefficient (Wildman–Crippen LogP) is 4.48. The van der Waals surface area contributed by atoms with Gasteiger partial charge in [0.15, 0.2) is 0 Å². The van der Waals surface area contributed by atoms with E-state index in [4.69, 9.17) is 0 Å². The van der Waals surface area contributed by atoms with Crippen LogP contribution in [0.3, 0.4) is 0 Å². The van der Waals surface area contributed by atoms with Gasteiger partial charge >= 0.3 is 0 Å². The smallest absolute Gasteiger partial charge is 0.246 e. The predicted molar refractivity (Wildman–Crippen MR) is 295 cm³/mol. The Kier molecular flexibility index (Phi) is 23.5. The fraction of sp³-hybridized carbons (Fsp3) is 0.644. The zero-order valence-corrected chi connectivity index (χ0v) is 47.3. The van der Waals surface area contributed by atoms with Gasteiger partial charge in [-0.05, 0) is 92.1 Å². The van der Waals surface area contributed by atoms with Crippen LogP contribution in [0, 0.1) is 29.6 Å². The third-order valence-corrected chi connectivity index (χ3v) is 15.5. The average Bonchev–Trinajstić information content (AvgIpc) is 4.11. The van der Waals surface area contributed by atoms with E-state index in [0.29, 0.717) is 44.9 Å². The van der Waals surface area contributed by atoms with E-state index < -0.39 is 119 Å². The summed E-state index contributed by atoms with van der Waals surface area (Å²) in [6.07, 6.45) is 3.73. The monoisotopic (exact) mass is 1070 g/mol. The van der Waals surface area contributed by atoms with Crippen molar-refractivity contribution in [3.63, 3.8) is 0 Å². The molecule has 2 aromatic rings. The third-order valence-electron chi connectivity index (χ3n) is 15.5. The molecule has 7 N–H and O–H groups in total. The van der Waals surface area contributed by atoms with Crippen molar-refractivity contribution in [2.75, 3.05) is 13.1 Å². The molecule has 0 saturated carbocycles. The summed E-state index contributed by atoms with van der Waals surface area (Å²) < 4.78 is 0. The van der Waals surface area contributed by atoms with Crippen LogP contribution in [0.5, 0.6) is 0 Å². The standard InChI is InChI=1S/C59H89N9O9/c1-11-38(9)50-56(74)63-44(32-36(5)6)54(72)64-49(37(7)8)59(77)68-30-20-26-47(68)58(76)67-29-19-25-46(67)55(73)62-45(34-41-23-17-14-18-24-41)52(70)60-42(33-40-21-15-13-16-22-40)27-28-48(69)61-43(31-35(3)4)53(71)65-51(39(10)12-2)57(75)66-50/h13-18,21-24,35-39,42-47,49-51H,11-12,19-20,25-34H2,1-10H3,(H,60,70)(H,61,69)(H,62,73)(H,63,74)(H,64,72)(H,65,71)(H,66,75)/t38-,39-,42-,43-,44-,45-,46-,47-,49-,50-,51-/m0/s1. The first kappa shape index (κ1) is 61.5. The maximum atomic E-state index is 14.7. The molecule has 18 heteroatoms. The highest BCUT2D eigenvalue weighted by atomic mass is 16.2. The van der Waals surface area contributed by atoms with E-state index in [9.17, 15) is 43.2 Å². The fourth-order valence-electron chi connectivity index (χ4n) is 10.6. The second kappa shape index (κ2) is 29.4. The van der Waals surface area contributed by atoms with Gasteiger partial charge in [-0.1, -0.05) is 143 Å². The molecule has 424 valence electrons. The molecule has 3 heterocycles. The molecule has 0 unspecified atom stereocenters. The van der Waals surface area contributed by atoms with Crippen molar-refractivity contribution in [3.05, 3.63) is 71.8 Å². The number of fused-ring (bicyclic) bond motifs is 2. The molecule has 3 aliphatic heterocycles. The zero-order chi connectivity index (χ0) is 56.5. The minimum Gasteiger partial charge on any atom is -0.351 e. The van der Waals surface area contributed by atoms with Crippen molar-refractivity contribution in [3.8, 4) is 0 Å². The fourth-order valence-corrected chi connectivity index (χ4v) is 10.6. The SMILES string of the molecule is CC[C@H](C)[C@@H]1NC(=O)[C@H](CC(C)C)NC(=O)CC[C@@H](Cc2ccccc2)NC(=O)[C@H](Cc2ccccc2)NC(=O)[C@@H]2CCCN2C(=O)[C@@H]2CCCN2C(=O)[C@H](C(C)C)NC(=O)[C@H](CC(C)C)NC(=O)[C@H]([C@@H](C)CC)NC1=O. The van der Waals surface area contributed by atoms with Gasteiger partial charge in [0.05, 0.1) is 0 Å². The molecule has 3 saturated heterocycles. The number of hydrogen-bond acceptors (Lipinski definition) is 9. The second-order valence-corrected chi connectivity index (χ2v) is 23.0. The quantitative estimate of drug-likeness (QED) is 0.149. The third kappa shape index (κ3) is 17.6. The van der Waals surface area contributed by atoms with Crippen LogP contribution < -0.4 is 37.2 Å². The van der Waals surface area contributed by atoms with Crippen LogP contribution in [0.4, 0.5) is 0 Å². The van der Waals surface area contributed by atoms with Gasteiger partial charge in [0.2, 0.25) is 53.2 Å². The summed E-state index contributed by atoms with van der Waals surface area (Å²) in [5.41, 5.74) is 1.69. The van der Waals surface area contributed by atoms with E-state index in [2.05, 4.69) is 37.2 Å². The summed E-state index contributed by atoms with van der Waals surface area (Å²) in [6.45, 7) is 19.2. The van der Waals surface area contributed by atoms with Crippen LogP contribution in [0.1, 0.15) is 145 Å². The van der Waals surface area contributed by atoms with Gasteiger partial charge in [-0.3, -0.25) is 43.2 Å². The summed E-state index contributed by atoms with van der Waals surface area (Å²) in [4.78, 5) is 133. The molecule has 11 atom stereocenters. The van der Waals surface area contributed by atoms with E-state index in [0.717, 1.165) is 11.1 Å². The molecule has 5 rings (SSSR count). The van der Waals surface area contributed by atoms with Crippen molar-refractivity contribution < 1.29 is 43.2 Å². The Labute approximate surface area is 456 Å². The summed E-state index contributed by atoms with van der Waals surface area (Å²) in [5, 5.41) is 20.7. The molecule has 77 heavy (non-hydrogen) atoms. The van der Waals surface area contributed by atoms with Gasteiger partial charge in [0.25, 0.3) is 0 Å². The molecular formula is C59H89N9O9. The Balaban J connectivity index is 1.55. The number of benzene rings is 2. The molecule has 18 nitrogen and oxygen atoms in total. The molecule has 0 radical (unpaired) electrons. The topological polar surface area (TPSA) is 244 Å². The lowest BCUT2D eigenvalue weighted by molar-refractivity contribution is -0.148. The normalized spacial score (nSPS) is 27.2. The number of rotatable bonds is 13. The first-order chi connectivity index (χ1) is 36.6. The van der Waals surface area contributed by atoms with Gasteiger partial charge in [0, 0.05) is 32.0 Å². The summed E-state index contributed by atoms with van der Waals surface area (Å²) in [6, 6.07) is 9.84. The van der Waals surface area contributed by atoms with E-state index in [1.54, 1.807) is 13.8 Å². The lowest BCUT2D eigenvalue weighted by Crippen LogP contribution is -2.62. The Hall–Kier alpha value is -6.33. The lowest BCUT2D eigenvalue weighted by Gasteiger charge is -2.35. The number of nitrogens with one attached hydrogen (secondary N) is 7. The largest absolute Gasteiger partial charge is 0.351 e. The van der Waals surface area contributed by atoms with Crippen molar-refractivity contribution in [1.29, 1.82) is 0 Å². The number of carbonyl (C=O) groups excluding carboxylic acids is 9. The van der Waals surface area contributed by atoms with Crippen LogP contribution in [-0.2, 0) is 56.0 Å². The van der Waals surface area contributed by atoms with Crippen molar-refractivity contribution in [2.24, 2.45) is 29.6 Å². The van der Waals surface area contributed by atoms with E-state index in [1.165, 1.54) is 9.80 Å². The maximum absolute atomic E-state index is 14.7. The Morgan fingerprint density at radius 3 is 1.42 bits per heavy atom. The van der Waals surface area contributed by atoms with Crippen LogP contribution in [0.2, 0.25) is 0 Å². The van der Waals surface area contributed by atoms with E-state index in [-0.39, 0.29) is 62.9 Å². The number of carbonyl (C=O) groups is 9. The second-order valence-electron chi connectivity index (χ2n) is 23.0. The molecule has 3 aliphatic rings. The Bertz CT molecular complexity index is 2330. The molecular weight excluding hydrogens is 979 g/mol. The summed E-state index contributed by atoms with van der Waals surface area (Å²) in [7, 11) is 0. The van der Waals surface area contributed by atoms with Crippen molar-refractivity contribution in [2.45, 2.75) is 201 Å². The molecule has 0 aliphatic carbocycles. The zero-order valence-electron chi connectivity index (χ0n) is 47.3. The summed E-state index contributed by atoms with van der Waals surface area (Å²) in [5.74, 6) is -6.00. The minimum absolute atomic E-state index is 0.0443. The highest BCUT2D eigenvalue weighted by Crippen LogP contribution is 2.27. The first-order valence-electron chi connectivity index (χ1n) is 28.4. The molecule has 3 fully saturated rings. The van der Waals surface area contributed by atoms with Crippen LogP contribution in [0.25, 0.3) is 0 Å². The molecule has 0 spiro atoms. The van der Waals surface area contributed by atoms with Crippen molar-refractivity contribution >= 4 is 53.2 Å². The molecule has 2 aromatic carbocycles. The number of amides is 9. The Morgan fingerprint density at radius 1 is 0.455 bits per heavy atom. The summed E-state index contributed by atoms with van der Waals surface area (Å²) >= 11 is 0. The lowest BCUT2D eigenvalue weighted by atomic mass is 9.93. The van der Waals surface area contributed by atoms with Crippen LogP contribution >= 0.6 is 0 Å².